The summed E-state index contributed by atoms with van der Waals surface area (Å²) in [6, 6.07) is 0.0757. The first-order chi connectivity index (χ1) is 11.7. The summed E-state index contributed by atoms with van der Waals surface area (Å²) in [4.78, 5) is 20.3. The number of fused-ring (bicyclic) bond motifs is 1. The van der Waals surface area contributed by atoms with Gasteiger partial charge < -0.3 is 14.4 Å². The van der Waals surface area contributed by atoms with Crippen molar-refractivity contribution in [2.24, 2.45) is 0 Å². The third-order valence-corrected chi connectivity index (χ3v) is 5.72. The molecular weight excluding hydrogens is 326 g/mol. The van der Waals surface area contributed by atoms with E-state index in [0.29, 0.717) is 19.6 Å². The first kappa shape index (κ1) is 16.1. The van der Waals surface area contributed by atoms with Crippen LogP contribution >= 0.6 is 11.3 Å². The van der Waals surface area contributed by atoms with Gasteiger partial charge in [0.05, 0.1) is 24.9 Å². The first-order valence-corrected chi connectivity index (χ1v) is 9.55. The number of aryl methyl sites for hydroxylation is 2. The van der Waals surface area contributed by atoms with Crippen molar-refractivity contribution >= 4 is 22.2 Å². The molecule has 24 heavy (non-hydrogen) atoms. The lowest BCUT2D eigenvalue weighted by molar-refractivity contribution is -0.150. The zero-order chi connectivity index (χ0) is 16.5. The number of piperidine rings is 1. The molecule has 2 saturated heterocycles. The summed E-state index contributed by atoms with van der Waals surface area (Å²) in [7, 11) is 0. The lowest BCUT2D eigenvalue weighted by atomic mass is 10.0. The van der Waals surface area contributed by atoms with Crippen LogP contribution in [0.5, 0.6) is 0 Å². The molecule has 0 aliphatic carbocycles. The number of thiazole rings is 1. The van der Waals surface area contributed by atoms with Crippen molar-refractivity contribution in [2.75, 3.05) is 19.8 Å². The Hall–Kier alpha value is -1.44. The van der Waals surface area contributed by atoms with Crippen molar-refractivity contribution in [1.82, 2.24) is 14.3 Å². The molecule has 1 atom stereocenters. The van der Waals surface area contributed by atoms with Crippen LogP contribution in [0.3, 0.4) is 0 Å². The highest BCUT2D eigenvalue weighted by atomic mass is 32.1. The van der Waals surface area contributed by atoms with Crippen LogP contribution in [0, 0.1) is 6.92 Å². The number of rotatable bonds is 4. The van der Waals surface area contributed by atoms with E-state index in [9.17, 15) is 4.79 Å². The number of hydrogen-bond acceptors (Lipinski definition) is 5. The minimum Gasteiger partial charge on any atom is -0.348 e. The Kier molecular flexibility index (Phi) is 4.56. The number of ether oxygens (including phenoxy) is 2. The fraction of sp³-hybridized carbons (Fsp3) is 0.647. The number of likely N-dealkylation sites (tertiary alicyclic amines) is 1. The molecule has 2 aromatic rings. The Morgan fingerprint density at radius 2 is 2.21 bits per heavy atom. The van der Waals surface area contributed by atoms with Crippen LogP contribution in [0.15, 0.2) is 11.6 Å². The largest absolute Gasteiger partial charge is 0.348 e. The summed E-state index contributed by atoms with van der Waals surface area (Å²) in [5.74, 6) is 0.204. The zero-order valence-electron chi connectivity index (χ0n) is 13.9. The minimum absolute atomic E-state index is 0.0757. The van der Waals surface area contributed by atoms with E-state index >= 15 is 0 Å². The molecule has 0 spiro atoms. The van der Waals surface area contributed by atoms with Gasteiger partial charge in [0.25, 0.3) is 0 Å². The van der Waals surface area contributed by atoms with E-state index in [4.69, 9.17) is 9.47 Å². The van der Waals surface area contributed by atoms with Gasteiger partial charge in [-0.25, -0.2) is 4.98 Å². The molecule has 0 radical (unpaired) electrons. The summed E-state index contributed by atoms with van der Waals surface area (Å²) in [5, 5.41) is 2.10. The van der Waals surface area contributed by atoms with Gasteiger partial charge in [0.1, 0.15) is 0 Å². The van der Waals surface area contributed by atoms with Gasteiger partial charge in [0.2, 0.25) is 5.91 Å². The molecule has 2 fully saturated rings. The number of carbonyl (C=O) groups is 1. The second kappa shape index (κ2) is 6.82. The number of carbonyl (C=O) groups excluding carboxylic acids is 1. The molecule has 0 bridgehead atoms. The second-order valence-electron chi connectivity index (χ2n) is 6.52. The maximum Gasteiger partial charge on any atom is 0.223 e. The van der Waals surface area contributed by atoms with E-state index in [-0.39, 0.29) is 18.2 Å². The average Bonchev–Trinajstić information content (AvgIpc) is 3.30. The summed E-state index contributed by atoms with van der Waals surface area (Å²) in [6.45, 7) is 4.08. The second-order valence-corrected chi connectivity index (χ2v) is 7.36. The maximum absolute atomic E-state index is 12.8. The number of aromatic nitrogens is 2. The van der Waals surface area contributed by atoms with Crippen molar-refractivity contribution in [3.05, 3.63) is 23.0 Å². The third kappa shape index (κ3) is 3.08. The highest BCUT2D eigenvalue weighted by Gasteiger charge is 2.35. The van der Waals surface area contributed by atoms with Crippen LogP contribution < -0.4 is 0 Å². The van der Waals surface area contributed by atoms with Crippen molar-refractivity contribution in [3.8, 4) is 0 Å². The van der Waals surface area contributed by atoms with Crippen LogP contribution in [0.4, 0.5) is 0 Å². The highest BCUT2D eigenvalue weighted by molar-refractivity contribution is 7.15. The summed E-state index contributed by atoms with van der Waals surface area (Å²) >= 11 is 1.63. The molecule has 7 heteroatoms. The van der Waals surface area contributed by atoms with E-state index in [1.807, 2.05) is 18.0 Å². The molecule has 6 nitrogen and oxygen atoms in total. The van der Waals surface area contributed by atoms with Crippen molar-refractivity contribution in [2.45, 2.75) is 51.4 Å². The van der Waals surface area contributed by atoms with Crippen LogP contribution in [-0.4, -0.2) is 52.3 Å². The molecular formula is C17H23N3O3S. The molecule has 0 aromatic carbocycles. The number of imidazole rings is 1. The van der Waals surface area contributed by atoms with Gasteiger partial charge in [0.15, 0.2) is 11.3 Å². The quantitative estimate of drug-likeness (QED) is 0.850. The van der Waals surface area contributed by atoms with E-state index in [0.717, 1.165) is 48.6 Å². The zero-order valence-corrected chi connectivity index (χ0v) is 14.8. The number of amides is 1. The van der Waals surface area contributed by atoms with Gasteiger partial charge in [0, 0.05) is 30.2 Å². The summed E-state index contributed by atoms with van der Waals surface area (Å²) in [5.41, 5.74) is 2.17. The molecule has 130 valence electrons. The number of nitrogens with zero attached hydrogens (tertiary/aromatic N) is 3. The third-order valence-electron chi connectivity index (χ3n) is 4.83. The Labute approximate surface area is 145 Å². The fourth-order valence-electron chi connectivity index (χ4n) is 3.65. The van der Waals surface area contributed by atoms with Crippen molar-refractivity contribution < 1.29 is 14.3 Å². The molecule has 2 aliphatic rings. The predicted octanol–water partition coefficient (Wildman–Crippen LogP) is 2.39. The van der Waals surface area contributed by atoms with E-state index < -0.39 is 0 Å². The topological polar surface area (TPSA) is 56.1 Å². The maximum atomic E-state index is 12.8. The first-order valence-electron chi connectivity index (χ1n) is 8.67. The monoisotopic (exact) mass is 349 g/mol. The van der Waals surface area contributed by atoms with Crippen LogP contribution in [0.2, 0.25) is 0 Å². The van der Waals surface area contributed by atoms with E-state index in [1.165, 1.54) is 0 Å². The van der Waals surface area contributed by atoms with E-state index in [1.54, 1.807) is 11.3 Å². The standard InChI is InChI=1S/C17H23N3O3S/c1-12-10-20-13(11-24-17(20)18-12)5-6-15(21)19-7-3-2-4-14(19)16-22-8-9-23-16/h10-11,14,16H,2-9H2,1H3/t14-/m0/s1. The molecule has 0 saturated carbocycles. The van der Waals surface area contributed by atoms with Gasteiger partial charge >= 0.3 is 0 Å². The Morgan fingerprint density at radius 3 is 3.04 bits per heavy atom. The Morgan fingerprint density at radius 1 is 1.38 bits per heavy atom. The lowest BCUT2D eigenvalue weighted by Crippen LogP contribution is -2.50. The smallest absolute Gasteiger partial charge is 0.223 e. The SMILES string of the molecule is Cc1cn2c(CCC(=O)N3CCCC[C@H]3C3OCCO3)csc2n1. The minimum atomic E-state index is -0.238. The number of hydrogen-bond donors (Lipinski definition) is 0. The molecule has 1 amide bonds. The van der Waals surface area contributed by atoms with Crippen molar-refractivity contribution in [3.63, 3.8) is 0 Å². The average molecular weight is 349 g/mol. The molecule has 2 aromatic heterocycles. The fourth-order valence-corrected chi connectivity index (χ4v) is 4.60. The van der Waals surface area contributed by atoms with Crippen LogP contribution in [0.25, 0.3) is 4.96 Å². The highest BCUT2D eigenvalue weighted by Crippen LogP contribution is 2.25. The van der Waals surface area contributed by atoms with Gasteiger partial charge in [-0.3, -0.25) is 9.20 Å². The predicted molar refractivity (Wildman–Crippen MR) is 91.2 cm³/mol. The Bertz CT molecular complexity index is 720. The summed E-state index contributed by atoms with van der Waals surface area (Å²) < 4.78 is 13.4. The summed E-state index contributed by atoms with van der Waals surface area (Å²) in [6.07, 6.45) is 6.24. The molecule has 4 rings (SSSR count). The Balaban J connectivity index is 1.42. The van der Waals surface area contributed by atoms with Crippen molar-refractivity contribution in [1.29, 1.82) is 0 Å². The molecule has 0 unspecified atom stereocenters. The van der Waals surface area contributed by atoms with Crippen LogP contribution in [0.1, 0.15) is 37.1 Å². The van der Waals surface area contributed by atoms with Gasteiger partial charge in [-0.2, -0.15) is 0 Å². The van der Waals surface area contributed by atoms with Gasteiger partial charge in [-0.15, -0.1) is 11.3 Å². The van der Waals surface area contributed by atoms with Gasteiger partial charge in [-0.1, -0.05) is 0 Å². The lowest BCUT2D eigenvalue weighted by Gasteiger charge is -2.38. The van der Waals surface area contributed by atoms with E-state index in [2.05, 4.69) is 14.8 Å². The van der Waals surface area contributed by atoms with Gasteiger partial charge in [-0.05, 0) is 32.6 Å². The normalized spacial score (nSPS) is 22.5. The van der Waals surface area contributed by atoms with Crippen LogP contribution in [-0.2, 0) is 20.7 Å². The molecule has 0 N–H and O–H groups in total. The molecule has 2 aliphatic heterocycles. The molecule has 4 heterocycles.